The van der Waals surface area contributed by atoms with E-state index in [9.17, 15) is 9.90 Å². The lowest BCUT2D eigenvalue weighted by Crippen LogP contribution is -2.56. The smallest absolute Gasteiger partial charge is 0.309 e. The predicted molar refractivity (Wildman–Crippen MR) is 70.3 cm³/mol. The Hall–Kier alpha value is -1.55. The topological polar surface area (TPSA) is 59.7 Å². The molecular weight excluding hydrogens is 244 g/mol. The standard InChI is InChI=1S/C11H16O3.C4H4O/c1-8-4-3-5-10(2)7-14-9(12)6-11(8,10)13;1-2-4-5-3-1/h4,13H,3,5-7H2,1-2H3;1-4H/t10-,11+;/m0./s1. The van der Waals surface area contributed by atoms with E-state index in [1.54, 1.807) is 12.5 Å². The van der Waals surface area contributed by atoms with E-state index in [0.29, 0.717) is 6.61 Å². The molecule has 0 spiro atoms. The van der Waals surface area contributed by atoms with Crippen LogP contribution in [0, 0.1) is 5.41 Å². The highest BCUT2D eigenvalue weighted by atomic mass is 16.5. The molecule has 104 valence electrons. The first-order chi connectivity index (χ1) is 8.98. The second kappa shape index (κ2) is 5.21. The van der Waals surface area contributed by atoms with Gasteiger partial charge in [-0.3, -0.25) is 4.79 Å². The lowest BCUT2D eigenvalue weighted by molar-refractivity contribution is -0.182. The number of furan rings is 1. The van der Waals surface area contributed by atoms with Gasteiger partial charge in [-0.1, -0.05) is 13.0 Å². The quantitative estimate of drug-likeness (QED) is 0.578. The molecule has 1 aliphatic heterocycles. The Bertz CT molecular complexity index is 445. The molecule has 2 atom stereocenters. The fraction of sp³-hybridized carbons (Fsp3) is 0.533. The number of esters is 1. The zero-order valence-corrected chi connectivity index (χ0v) is 11.4. The maximum absolute atomic E-state index is 11.2. The van der Waals surface area contributed by atoms with Crippen LogP contribution < -0.4 is 0 Å². The van der Waals surface area contributed by atoms with Gasteiger partial charge in [0.25, 0.3) is 0 Å². The summed E-state index contributed by atoms with van der Waals surface area (Å²) in [4.78, 5) is 11.2. The molecular formula is C15H20O4. The van der Waals surface area contributed by atoms with E-state index in [2.05, 4.69) is 4.42 Å². The Kier molecular flexibility index (Phi) is 3.80. The minimum Gasteiger partial charge on any atom is -0.473 e. The highest BCUT2D eigenvalue weighted by Crippen LogP contribution is 2.49. The first-order valence-corrected chi connectivity index (χ1v) is 6.50. The molecule has 2 heterocycles. The minimum atomic E-state index is -0.972. The maximum atomic E-state index is 11.2. The summed E-state index contributed by atoms with van der Waals surface area (Å²) in [7, 11) is 0. The van der Waals surface area contributed by atoms with Crippen LogP contribution in [-0.4, -0.2) is 23.3 Å². The molecule has 0 radical (unpaired) electrons. The number of hydrogen-bond donors (Lipinski definition) is 1. The van der Waals surface area contributed by atoms with Gasteiger partial charge in [-0.05, 0) is 37.5 Å². The Morgan fingerprint density at radius 2 is 2.00 bits per heavy atom. The molecule has 1 aliphatic carbocycles. The summed E-state index contributed by atoms with van der Waals surface area (Å²) >= 11 is 0. The van der Waals surface area contributed by atoms with Crippen molar-refractivity contribution in [2.24, 2.45) is 5.41 Å². The number of fused-ring (bicyclic) bond motifs is 1. The number of hydrogen-bond acceptors (Lipinski definition) is 4. The van der Waals surface area contributed by atoms with E-state index in [1.165, 1.54) is 0 Å². The van der Waals surface area contributed by atoms with Crippen molar-refractivity contribution < 1.29 is 19.1 Å². The van der Waals surface area contributed by atoms with Crippen molar-refractivity contribution in [1.29, 1.82) is 0 Å². The minimum absolute atomic E-state index is 0.103. The molecule has 1 fully saturated rings. The summed E-state index contributed by atoms with van der Waals surface area (Å²) in [6.07, 6.45) is 7.22. The third kappa shape index (κ3) is 2.59. The average Bonchev–Trinajstić information content (AvgIpc) is 2.92. The second-order valence-electron chi connectivity index (χ2n) is 5.48. The van der Waals surface area contributed by atoms with Gasteiger partial charge in [-0.2, -0.15) is 0 Å². The molecule has 0 unspecified atom stereocenters. The van der Waals surface area contributed by atoms with Crippen molar-refractivity contribution in [3.63, 3.8) is 0 Å². The molecule has 2 aliphatic rings. The fourth-order valence-corrected chi connectivity index (χ4v) is 2.73. The van der Waals surface area contributed by atoms with Crippen molar-refractivity contribution in [3.05, 3.63) is 36.3 Å². The van der Waals surface area contributed by atoms with Crippen LogP contribution >= 0.6 is 0 Å². The van der Waals surface area contributed by atoms with E-state index in [-0.39, 0.29) is 17.8 Å². The third-order valence-corrected chi connectivity index (χ3v) is 4.17. The summed E-state index contributed by atoms with van der Waals surface area (Å²) < 4.78 is 9.62. The van der Waals surface area contributed by atoms with Crippen LogP contribution in [0.3, 0.4) is 0 Å². The summed E-state index contributed by atoms with van der Waals surface area (Å²) in [5.41, 5.74) is -0.344. The Labute approximate surface area is 113 Å². The highest BCUT2D eigenvalue weighted by molar-refractivity contribution is 5.73. The lowest BCUT2D eigenvalue weighted by atomic mass is 9.62. The zero-order valence-electron chi connectivity index (χ0n) is 11.4. The lowest BCUT2D eigenvalue weighted by Gasteiger charge is -2.50. The van der Waals surface area contributed by atoms with Gasteiger partial charge in [0.2, 0.25) is 0 Å². The Morgan fingerprint density at radius 3 is 2.58 bits per heavy atom. The van der Waals surface area contributed by atoms with Crippen LogP contribution in [0.4, 0.5) is 0 Å². The molecule has 4 heteroatoms. The summed E-state index contributed by atoms with van der Waals surface area (Å²) in [6, 6.07) is 3.67. The largest absolute Gasteiger partial charge is 0.473 e. The van der Waals surface area contributed by atoms with Crippen molar-refractivity contribution in [2.75, 3.05) is 6.61 Å². The predicted octanol–water partition coefficient (Wildman–Crippen LogP) is 2.69. The molecule has 1 N–H and O–H groups in total. The number of rotatable bonds is 0. The van der Waals surface area contributed by atoms with E-state index >= 15 is 0 Å². The maximum Gasteiger partial charge on any atom is 0.309 e. The van der Waals surface area contributed by atoms with Crippen LogP contribution in [0.2, 0.25) is 0 Å². The molecule has 1 aromatic heterocycles. The molecule has 4 nitrogen and oxygen atoms in total. The van der Waals surface area contributed by atoms with Crippen LogP contribution in [-0.2, 0) is 9.53 Å². The average molecular weight is 264 g/mol. The van der Waals surface area contributed by atoms with Gasteiger partial charge in [0.05, 0.1) is 25.6 Å². The molecule has 0 aromatic carbocycles. The van der Waals surface area contributed by atoms with Crippen molar-refractivity contribution >= 4 is 5.97 Å². The number of allylic oxidation sites excluding steroid dienone is 1. The van der Waals surface area contributed by atoms with E-state index < -0.39 is 5.60 Å². The molecule has 0 bridgehead atoms. The van der Waals surface area contributed by atoms with Crippen LogP contribution in [0.5, 0.6) is 0 Å². The number of carbonyl (C=O) groups is 1. The van der Waals surface area contributed by atoms with Gasteiger partial charge < -0.3 is 14.3 Å². The third-order valence-electron chi connectivity index (χ3n) is 4.17. The number of carbonyl (C=O) groups excluding carboxylic acids is 1. The summed E-state index contributed by atoms with van der Waals surface area (Å²) in [6.45, 7) is 4.24. The van der Waals surface area contributed by atoms with Gasteiger partial charge in [0.1, 0.15) is 5.60 Å². The van der Waals surface area contributed by atoms with E-state index in [0.717, 1.165) is 18.4 Å². The molecule has 0 saturated carbocycles. The summed E-state index contributed by atoms with van der Waals surface area (Å²) in [5.74, 6) is -0.292. The van der Waals surface area contributed by atoms with E-state index in [1.807, 2.05) is 32.1 Å². The Morgan fingerprint density at radius 1 is 1.32 bits per heavy atom. The molecule has 19 heavy (non-hydrogen) atoms. The van der Waals surface area contributed by atoms with Crippen molar-refractivity contribution in [1.82, 2.24) is 0 Å². The van der Waals surface area contributed by atoms with Gasteiger partial charge in [0, 0.05) is 5.41 Å². The second-order valence-corrected chi connectivity index (χ2v) is 5.48. The van der Waals surface area contributed by atoms with Crippen LogP contribution in [0.15, 0.2) is 40.7 Å². The van der Waals surface area contributed by atoms with Gasteiger partial charge in [-0.25, -0.2) is 0 Å². The van der Waals surface area contributed by atoms with E-state index in [4.69, 9.17) is 4.74 Å². The van der Waals surface area contributed by atoms with Gasteiger partial charge in [-0.15, -0.1) is 0 Å². The first kappa shape index (κ1) is 13.9. The normalized spacial score (nSPS) is 33.4. The molecule has 0 amide bonds. The molecule has 1 aromatic rings. The van der Waals surface area contributed by atoms with Crippen molar-refractivity contribution in [2.45, 2.75) is 38.7 Å². The number of cyclic esters (lactones) is 1. The zero-order chi connectivity index (χ0) is 13.9. The molecule has 1 saturated heterocycles. The SMILES string of the molecule is CC1=CCC[C@@]2(C)COC(=O)C[C@@]12O.c1ccoc1. The van der Waals surface area contributed by atoms with Crippen LogP contribution in [0.1, 0.15) is 33.1 Å². The fourth-order valence-electron chi connectivity index (χ4n) is 2.73. The van der Waals surface area contributed by atoms with Gasteiger partial charge >= 0.3 is 5.97 Å². The first-order valence-electron chi connectivity index (χ1n) is 6.50. The number of ether oxygens (including phenoxy) is 1. The van der Waals surface area contributed by atoms with Crippen molar-refractivity contribution in [3.8, 4) is 0 Å². The molecule has 3 rings (SSSR count). The number of aliphatic hydroxyl groups is 1. The van der Waals surface area contributed by atoms with Crippen LogP contribution in [0.25, 0.3) is 0 Å². The van der Waals surface area contributed by atoms with Gasteiger partial charge in [0.15, 0.2) is 0 Å². The monoisotopic (exact) mass is 264 g/mol. The summed E-state index contributed by atoms with van der Waals surface area (Å²) in [5, 5.41) is 10.5. The highest BCUT2D eigenvalue weighted by Gasteiger charge is 2.54. The Balaban J connectivity index is 0.000000224.